The standard InChI is InChI=1S/C16H16ClFN4O.ClH/c17-11-1-2-13(14-7-20-3-4-21-14)10(5-11)8-22-9-12(18)6-15(22)16(19)23;/h1-5,7,12,15H,6,8-9H2,(H2,19,23);1H/t12-,15+;/m1./s1. The molecule has 1 aromatic carbocycles. The molecule has 1 amide bonds. The third-order valence-electron chi connectivity index (χ3n) is 3.96. The number of hydrogen-bond acceptors (Lipinski definition) is 4. The molecule has 5 nitrogen and oxygen atoms in total. The average Bonchev–Trinajstić information content (AvgIpc) is 2.89. The zero-order valence-electron chi connectivity index (χ0n) is 12.7. The Labute approximate surface area is 150 Å². The number of hydrogen-bond donors (Lipinski definition) is 1. The molecule has 128 valence electrons. The van der Waals surface area contributed by atoms with Crippen LogP contribution in [0.1, 0.15) is 12.0 Å². The van der Waals surface area contributed by atoms with Crippen LogP contribution in [0.15, 0.2) is 36.8 Å². The first-order valence-electron chi connectivity index (χ1n) is 7.27. The van der Waals surface area contributed by atoms with Gasteiger partial charge in [-0.05, 0) is 17.7 Å². The van der Waals surface area contributed by atoms with E-state index in [1.54, 1.807) is 35.6 Å². The van der Waals surface area contributed by atoms with Gasteiger partial charge in [-0.3, -0.25) is 19.7 Å². The quantitative estimate of drug-likeness (QED) is 0.897. The summed E-state index contributed by atoms with van der Waals surface area (Å²) < 4.78 is 13.7. The molecular formula is C16H17Cl2FN4O. The summed E-state index contributed by atoms with van der Waals surface area (Å²) in [6.45, 7) is 0.556. The van der Waals surface area contributed by atoms with Gasteiger partial charge in [-0.1, -0.05) is 17.7 Å². The van der Waals surface area contributed by atoms with Crippen LogP contribution in [-0.2, 0) is 11.3 Å². The van der Waals surface area contributed by atoms with Crippen molar-refractivity contribution in [1.82, 2.24) is 14.9 Å². The molecule has 1 saturated heterocycles. The van der Waals surface area contributed by atoms with Gasteiger partial charge in [0.15, 0.2) is 0 Å². The van der Waals surface area contributed by atoms with Crippen molar-refractivity contribution in [3.8, 4) is 11.3 Å². The lowest BCUT2D eigenvalue weighted by molar-refractivity contribution is -0.122. The Bertz CT molecular complexity index is 716. The van der Waals surface area contributed by atoms with Crippen molar-refractivity contribution >= 4 is 29.9 Å². The van der Waals surface area contributed by atoms with Crippen molar-refractivity contribution in [1.29, 1.82) is 0 Å². The Morgan fingerprint density at radius 3 is 2.88 bits per heavy atom. The summed E-state index contributed by atoms with van der Waals surface area (Å²) in [5.41, 5.74) is 7.80. The summed E-state index contributed by atoms with van der Waals surface area (Å²) in [5, 5.41) is 0.569. The van der Waals surface area contributed by atoms with Crippen LogP contribution < -0.4 is 5.73 Å². The van der Waals surface area contributed by atoms with Crippen LogP contribution in [-0.4, -0.2) is 39.5 Å². The van der Waals surface area contributed by atoms with Gasteiger partial charge < -0.3 is 5.73 Å². The first-order chi connectivity index (χ1) is 11.0. The van der Waals surface area contributed by atoms with E-state index in [4.69, 9.17) is 17.3 Å². The number of primary amides is 1. The summed E-state index contributed by atoms with van der Waals surface area (Å²) in [6.07, 6.45) is 3.94. The number of halogens is 3. The van der Waals surface area contributed by atoms with E-state index in [1.165, 1.54) is 0 Å². The van der Waals surface area contributed by atoms with E-state index < -0.39 is 18.1 Å². The number of nitrogens with two attached hydrogens (primary N) is 1. The van der Waals surface area contributed by atoms with Crippen molar-refractivity contribution in [3.05, 3.63) is 47.4 Å². The molecule has 2 atom stereocenters. The number of carbonyl (C=O) groups is 1. The number of benzene rings is 1. The maximum atomic E-state index is 13.7. The Kier molecular flexibility index (Phi) is 6.10. The SMILES string of the molecule is Cl.NC(=O)[C@@H]1C[C@@H](F)CN1Cc1cc(Cl)ccc1-c1cnccn1. The zero-order valence-corrected chi connectivity index (χ0v) is 14.3. The molecule has 0 saturated carbocycles. The van der Waals surface area contributed by atoms with Crippen LogP contribution in [0.3, 0.4) is 0 Å². The highest BCUT2D eigenvalue weighted by Gasteiger charge is 2.35. The lowest BCUT2D eigenvalue weighted by atomic mass is 10.0. The fraction of sp³-hybridized carbons (Fsp3) is 0.312. The minimum absolute atomic E-state index is 0. The van der Waals surface area contributed by atoms with Crippen LogP contribution >= 0.6 is 24.0 Å². The molecule has 8 heteroatoms. The molecule has 2 N–H and O–H groups in total. The van der Waals surface area contributed by atoms with Gasteiger partial charge in [0.1, 0.15) is 6.17 Å². The van der Waals surface area contributed by atoms with E-state index in [0.29, 0.717) is 17.3 Å². The molecule has 0 bridgehead atoms. The molecule has 1 aliphatic rings. The summed E-state index contributed by atoms with van der Waals surface area (Å²) >= 11 is 6.10. The third-order valence-corrected chi connectivity index (χ3v) is 4.20. The van der Waals surface area contributed by atoms with E-state index in [9.17, 15) is 9.18 Å². The van der Waals surface area contributed by atoms with E-state index in [0.717, 1.165) is 11.1 Å². The predicted molar refractivity (Wildman–Crippen MR) is 92.6 cm³/mol. The molecule has 0 aliphatic carbocycles. The van der Waals surface area contributed by atoms with Gasteiger partial charge >= 0.3 is 0 Å². The average molecular weight is 371 g/mol. The smallest absolute Gasteiger partial charge is 0.234 e. The van der Waals surface area contributed by atoms with Gasteiger partial charge in [0.05, 0.1) is 17.9 Å². The normalized spacial score (nSPS) is 20.6. The van der Waals surface area contributed by atoms with Crippen LogP contribution in [0, 0.1) is 0 Å². The lowest BCUT2D eigenvalue weighted by Crippen LogP contribution is -2.39. The Morgan fingerprint density at radius 2 is 2.21 bits per heavy atom. The van der Waals surface area contributed by atoms with E-state index in [1.807, 2.05) is 6.07 Å². The van der Waals surface area contributed by atoms with Crippen LogP contribution in [0.4, 0.5) is 4.39 Å². The van der Waals surface area contributed by atoms with Crippen molar-refractivity contribution < 1.29 is 9.18 Å². The molecule has 1 fully saturated rings. The minimum Gasteiger partial charge on any atom is -0.368 e. The summed E-state index contributed by atoms with van der Waals surface area (Å²) in [4.78, 5) is 21.6. The highest BCUT2D eigenvalue weighted by molar-refractivity contribution is 6.30. The van der Waals surface area contributed by atoms with Gasteiger partial charge in [-0.25, -0.2) is 4.39 Å². The second-order valence-corrected chi connectivity index (χ2v) is 6.01. The van der Waals surface area contributed by atoms with Crippen molar-refractivity contribution in [2.45, 2.75) is 25.2 Å². The molecule has 0 spiro atoms. The number of carbonyl (C=O) groups excluding carboxylic acids is 1. The second kappa shape index (κ2) is 7.88. The molecule has 1 aliphatic heterocycles. The molecular weight excluding hydrogens is 354 g/mol. The number of rotatable bonds is 4. The van der Waals surface area contributed by atoms with Crippen LogP contribution in [0.2, 0.25) is 5.02 Å². The Balaban J connectivity index is 0.00000208. The topological polar surface area (TPSA) is 72.1 Å². The van der Waals surface area contributed by atoms with Gasteiger partial charge in [0.2, 0.25) is 5.91 Å². The third kappa shape index (κ3) is 4.01. The molecule has 1 aromatic heterocycles. The molecule has 3 rings (SSSR count). The first kappa shape index (κ1) is 18.6. The van der Waals surface area contributed by atoms with Crippen molar-refractivity contribution in [2.24, 2.45) is 5.73 Å². The number of alkyl halides is 1. The van der Waals surface area contributed by atoms with Crippen molar-refractivity contribution in [3.63, 3.8) is 0 Å². The number of likely N-dealkylation sites (tertiary alicyclic amines) is 1. The summed E-state index contributed by atoms with van der Waals surface area (Å²) in [6, 6.07) is 4.82. The monoisotopic (exact) mass is 370 g/mol. The summed E-state index contributed by atoms with van der Waals surface area (Å²) in [5.74, 6) is -0.506. The van der Waals surface area contributed by atoms with Gasteiger partial charge in [-0.2, -0.15) is 0 Å². The highest BCUT2D eigenvalue weighted by Crippen LogP contribution is 2.29. The molecule has 0 radical (unpaired) electrons. The van der Waals surface area contributed by atoms with Gasteiger partial charge in [0.25, 0.3) is 0 Å². The Hall–Kier alpha value is -1.76. The lowest BCUT2D eigenvalue weighted by Gasteiger charge is -2.22. The van der Waals surface area contributed by atoms with Crippen LogP contribution in [0.25, 0.3) is 11.3 Å². The second-order valence-electron chi connectivity index (χ2n) is 5.57. The fourth-order valence-corrected chi connectivity index (χ4v) is 3.11. The number of nitrogens with zero attached hydrogens (tertiary/aromatic N) is 3. The van der Waals surface area contributed by atoms with Crippen molar-refractivity contribution in [2.75, 3.05) is 6.54 Å². The maximum Gasteiger partial charge on any atom is 0.234 e. The minimum atomic E-state index is -1.05. The van der Waals surface area contributed by atoms with E-state index in [-0.39, 0.29) is 25.4 Å². The van der Waals surface area contributed by atoms with Crippen LogP contribution in [0.5, 0.6) is 0 Å². The van der Waals surface area contributed by atoms with E-state index in [2.05, 4.69) is 9.97 Å². The number of amides is 1. The Morgan fingerprint density at radius 1 is 1.42 bits per heavy atom. The molecule has 24 heavy (non-hydrogen) atoms. The fourth-order valence-electron chi connectivity index (χ4n) is 2.92. The van der Waals surface area contributed by atoms with E-state index >= 15 is 0 Å². The molecule has 2 heterocycles. The zero-order chi connectivity index (χ0) is 16.4. The highest BCUT2D eigenvalue weighted by atomic mass is 35.5. The predicted octanol–water partition coefficient (Wildman–Crippen LogP) is 2.62. The number of aromatic nitrogens is 2. The molecule has 2 aromatic rings. The maximum absolute atomic E-state index is 13.7. The summed E-state index contributed by atoms with van der Waals surface area (Å²) in [7, 11) is 0. The van der Waals surface area contributed by atoms with Gasteiger partial charge in [-0.15, -0.1) is 12.4 Å². The largest absolute Gasteiger partial charge is 0.368 e. The van der Waals surface area contributed by atoms with Gasteiger partial charge in [0, 0.05) is 42.5 Å². The first-order valence-corrected chi connectivity index (χ1v) is 7.64. The molecule has 0 unspecified atom stereocenters.